The summed E-state index contributed by atoms with van der Waals surface area (Å²) in [6.45, 7) is 5.15. The maximum absolute atomic E-state index is 9.53. The van der Waals surface area contributed by atoms with Gasteiger partial charge in [0.1, 0.15) is 10.8 Å². The van der Waals surface area contributed by atoms with Crippen LogP contribution in [0.25, 0.3) is 0 Å². The van der Waals surface area contributed by atoms with Crippen molar-refractivity contribution in [2.45, 2.75) is 26.3 Å². The van der Waals surface area contributed by atoms with E-state index in [1.54, 1.807) is 6.20 Å². The van der Waals surface area contributed by atoms with E-state index < -0.39 is 0 Å². The van der Waals surface area contributed by atoms with Gasteiger partial charge in [0.05, 0.1) is 18.2 Å². The van der Waals surface area contributed by atoms with Crippen LogP contribution in [-0.4, -0.2) is 34.3 Å². The van der Waals surface area contributed by atoms with Crippen molar-refractivity contribution in [1.29, 1.82) is 0 Å². The first-order valence-electron chi connectivity index (χ1n) is 6.19. The molecule has 0 aromatic carbocycles. The van der Waals surface area contributed by atoms with E-state index in [4.69, 9.17) is 18.0 Å². The van der Waals surface area contributed by atoms with Crippen LogP contribution < -0.4 is 10.6 Å². The first kappa shape index (κ1) is 13.2. The molecule has 5 heteroatoms. The lowest BCUT2D eigenvalue weighted by atomic mass is 10.0. The van der Waals surface area contributed by atoms with Gasteiger partial charge in [-0.3, -0.25) is 0 Å². The Morgan fingerprint density at radius 3 is 3.00 bits per heavy atom. The summed E-state index contributed by atoms with van der Waals surface area (Å²) in [7, 11) is 0. The molecular weight excluding hydrogens is 246 g/mol. The Morgan fingerprint density at radius 2 is 2.39 bits per heavy atom. The van der Waals surface area contributed by atoms with E-state index in [1.807, 2.05) is 13.0 Å². The SMILES string of the molecule is Cc1ccnc(N2CCC(C)C2CO)c1C(N)=S. The van der Waals surface area contributed by atoms with Crippen LogP contribution >= 0.6 is 12.2 Å². The fraction of sp³-hybridized carbons (Fsp3) is 0.538. The van der Waals surface area contributed by atoms with Crippen LogP contribution in [0.3, 0.4) is 0 Å². The molecule has 1 aromatic heterocycles. The largest absolute Gasteiger partial charge is 0.394 e. The van der Waals surface area contributed by atoms with Gasteiger partial charge < -0.3 is 15.7 Å². The highest BCUT2D eigenvalue weighted by molar-refractivity contribution is 7.80. The fourth-order valence-electron chi connectivity index (χ4n) is 2.62. The minimum Gasteiger partial charge on any atom is -0.394 e. The van der Waals surface area contributed by atoms with Crippen molar-refractivity contribution in [2.24, 2.45) is 11.7 Å². The van der Waals surface area contributed by atoms with Gasteiger partial charge in [0.25, 0.3) is 0 Å². The number of aromatic nitrogens is 1. The summed E-state index contributed by atoms with van der Waals surface area (Å²) in [4.78, 5) is 6.92. The van der Waals surface area contributed by atoms with E-state index in [-0.39, 0.29) is 12.6 Å². The standard InChI is InChI=1S/C13H19N3OS/c1-8-4-6-16(10(8)7-17)13-11(12(14)18)9(2)3-5-15-13/h3,5,8,10,17H,4,6-7H2,1-2H3,(H2,14,18). The number of rotatable bonds is 3. The van der Waals surface area contributed by atoms with Gasteiger partial charge in [-0.25, -0.2) is 4.98 Å². The summed E-state index contributed by atoms with van der Waals surface area (Å²) in [6.07, 6.45) is 2.82. The second-order valence-electron chi connectivity index (χ2n) is 4.90. The highest BCUT2D eigenvalue weighted by Crippen LogP contribution is 2.31. The van der Waals surface area contributed by atoms with Crippen molar-refractivity contribution in [2.75, 3.05) is 18.1 Å². The molecule has 1 aromatic rings. The van der Waals surface area contributed by atoms with Crippen LogP contribution in [0.4, 0.5) is 5.82 Å². The summed E-state index contributed by atoms with van der Waals surface area (Å²) in [5, 5.41) is 9.53. The Balaban J connectivity index is 2.45. The third kappa shape index (κ3) is 2.20. The lowest BCUT2D eigenvalue weighted by Crippen LogP contribution is -2.37. The number of nitrogens with two attached hydrogens (primary N) is 1. The summed E-state index contributed by atoms with van der Waals surface area (Å²) in [5.41, 5.74) is 7.67. The number of hydrogen-bond donors (Lipinski definition) is 2. The Morgan fingerprint density at radius 1 is 1.67 bits per heavy atom. The smallest absolute Gasteiger partial charge is 0.139 e. The highest BCUT2D eigenvalue weighted by atomic mass is 32.1. The third-order valence-electron chi connectivity index (χ3n) is 3.73. The molecule has 0 aliphatic carbocycles. The van der Waals surface area contributed by atoms with Crippen molar-refractivity contribution in [3.05, 3.63) is 23.4 Å². The maximum atomic E-state index is 9.53. The Bertz CT molecular complexity index is 464. The van der Waals surface area contributed by atoms with Gasteiger partial charge in [-0.1, -0.05) is 19.1 Å². The molecule has 98 valence electrons. The van der Waals surface area contributed by atoms with E-state index in [1.165, 1.54) is 0 Å². The predicted octanol–water partition coefficient (Wildman–Crippen LogP) is 1.23. The van der Waals surface area contributed by atoms with Crippen LogP contribution in [-0.2, 0) is 0 Å². The molecule has 1 saturated heterocycles. The zero-order valence-electron chi connectivity index (χ0n) is 10.8. The van der Waals surface area contributed by atoms with E-state index in [2.05, 4.69) is 16.8 Å². The monoisotopic (exact) mass is 265 g/mol. The average molecular weight is 265 g/mol. The Hall–Kier alpha value is -1.20. The van der Waals surface area contributed by atoms with Crippen molar-refractivity contribution >= 4 is 23.0 Å². The number of thiocarbonyl (C=S) groups is 1. The first-order valence-corrected chi connectivity index (χ1v) is 6.60. The lowest BCUT2D eigenvalue weighted by Gasteiger charge is -2.28. The van der Waals surface area contributed by atoms with E-state index in [0.717, 1.165) is 29.9 Å². The van der Waals surface area contributed by atoms with Crippen molar-refractivity contribution in [1.82, 2.24) is 4.98 Å². The van der Waals surface area contributed by atoms with Gasteiger partial charge >= 0.3 is 0 Å². The maximum Gasteiger partial charge on any atom is 0.139 e. The summed E-state index contributed by atoms with van der Waals surface area (Å²) < 4.78 is 0. The molecule has 0 radical (unpaired) electrons. The fourth-order valence-corrected chi connectivity index (χ4v) is 2.87. The zero-order chi connectivity index (χ0) is 13.3. The second-order valence-corrected chi connectivity index (χ2v) is 5.34. The third-order valence-corrected chi connectivity index (χ3v) is 3.93. The number of pyridine rings is 1. The summed E-state index contributed by atoms with van der Waals surface area (Å²) in [5.74, 6) is 1.27. The molecule has 2 heterocycles. The highest BCUT2D eigenvalue weighted by Gasteiger charge is 2.33. The van der Waals surface area contributed by atoms with Crippen LogP contribution in [0.2, 0.25) is 0 Å². The molecule has 2 rings (SSSR count). The number of aliphatic hydroxyl groups is 1. The van der Waals surface area contributed by atoms with Crippen molar-refractivity contribution in [3.8, 4) is 0 Å². The topological polar surface area (TPSA) is 62.4 Å². The van der Waals surface area contributed by atoms with Gasteiger partial charge in [-0.2, -0.15) is 0 Å². The van der Waals surface area contributed by atoms with Crippen LogP contribution in [0, 0.1) is 12.8 Å². The number of hydrogen-bond acceptors (Lipinski definition) is 4. The summed E-state index contributed by atoms with van der Waals surface area (Å²) in [6, 6.07) is 2.01. The number of aliphatic hydroxyl groups excluding tert-OH is 1. The van der Waals surface area contributed by atoms with E-state index >= 15 is 0 Å². The van der Waals surface area contributed by atoms with Gasteiger partial charge in [-0.15, -0.1) is 0 Å². The van der Waals surface area contributed by atoms with Gasteiger partial charge in [0.15, 0.2) is 0 Å². The van der Waals surface area contributed by atoms with Gasteiger partial charge in [0.2, 0.25) is 0 Å². The normalized spacial score (nSPS) is 23.4. The quantitative estimate of drug-likeness (QED) is 0.805. The zero-order valence-corrected chi connectivity index (χ0v) is 11.6. The van der Waals surface area contributed by atoms with Gasteiger partial charge in [0, 0.05) is 12.7 Å². The minimum atomic E-state index is 0.104. The Kier molecular flexibility index (Phi) is 3.82. The molecule has 4 nitrogen and oxygen atoms in total. The molecule has 3 N–H and O–H groups in total. The predicted molar refractivity (Wildman–Crippen MR) is 76.9 cm³/mol. The van der Waals surface area contributed by atoms with E-state index in [9.17, 15) is 5.11 Å². The molecule has 1 aliphatic heterocycles. The Labute approximate surface area is 113 Å². The molecular formula is C13H19N3OS. The molecule has 1 fully saturated rings. The van der Waals surface area contributed by atoms with Crippen molar-refractivity contribution < 1.29 is 5.11 Å². The van der Waals surface area contributed by atoms with Crippen LogP contribution in [0.5, 0.6) is 0 Å². The number of nitrogens with zero attached hydrogens (tertiary/aromatic N) is 2. The number of anilines is 1. The lowest BCUT2D eigenvalue weighted by molar-refractivity contribution is 0.244. The van der Waals surface area contributed by atoms with Crippen molar-refractivity contribution in [3.63, 3.8) is 0 Å². The van der Waals surface area contributed by atoms with E-state index in [0.29, 0.717) is 10.9 Å². The molecule has 1 aliphatic rings. The molecule has 0 bridgehead atoms. The summed E-state index contributed by atoms with van der Waals surface area (Å²) >= 11 is 5.13. The van der Waals surface area contributed by atoms with Crippen LogP contribution in [0.15, 0.2) is 12.3 Å². The second kappa shape index (κ2) is 5.20. The molecule has 0 amide bonds. The number of aryl methyl sites for hydroxylation is 1. The molecule has 0 saturated carbocycles. The molecule has 18 heavy (non-hydrogen) atoms. The van der Waals surface area contributed by atoms with Crippen LogP contribution in [0.1, 0.15) is 24.5 Å². The first-order chi connectivity index (χ1) is 8.56. The molecule has 0 spiro atoms. The molecule has 2 unspecified atom stereocenters. The average Bonchev–Trinajstić information content (AvgIpc) is 2.69. The molecule has 2 atom stereocenters. The van der Waals surface area contributed by atoms with Gasteiger partial charge in [-0.05, 0) is 30.9 Å². The minimum absolute atomic E-state index is 0.104.